The SMILES string of the molecule is NCc1ccccc1CC(=O)NC1C(=O)N2C(C(=O)[O-])=C(CSc3ccc4nnnn4n3)CS[C@H]12.[Na+]. The molecule has 36 heavy (non-hydrogen) atoms. The fourth-order valence-electron chi connectivity index (χ4n) is 3.98. The van der Waals surface area contributed by atoms with Crippen molar-refractivity contribution in [2.45, 2.75) is 29.4 Å². The standard InChI is InChI=1S/C21H20N8O4S2.Na/c22-8-12-4-2-1-3-11(12)7-15(30)23-17-19(31)28-18(21(32)33)13(10-35-20(17)28)9-34-16-6-5-14-24-26-27-29(14)25-16;/h1-6,17,20H,7-10,22H2,(H,23,30)(H,32,33);/q;+1/p-1/t17?,20-;/m1./s1. The molecule has 4 heterocycles. The molecule has 15 heteroatoms. The number of nitrogens with one attached hydrogen (secondary N) is 1. The molecule has 2 amide bonds. The molecule has 3 N–H and O–H groups in total. The number of β-lactam (4-membered cyclic amide) rings is 1. The van der Waals surface area contributed by atoms with E-state index in [0.29, 0.717) is 34.3 Å². The zero-order chi connectivity index (χ0) is 24.5. The normalized spacial score (nSPS) is 18.9. The van der Waals surface area contributed by atoms with E-state index in [-0.39, 0.29) is 47.6 Å². The fraction of sp³-hybridized carbons (Fsp3) is 0.286. The Morgan fingerprint density at radius 1 is 1.22 bits per heavy atom. The van der Waals surface area contributed by atoms with Gasteiger partial charge in [0.2, 0.25) is 5.91 Å². The van der Waals surface area contributed by atoms with Crippen molar-refractivity contribution in [3.05, 3.63) is 58.8 Å². The largest absolute Gasteiger partial charge is 1.00 e. The number of thioether (sulfide) groups is 2. The van der Waals surface area contributed by atoms with Gasteiger partial charge in [-0.2, -0.15) is 0 Å². The molecule has 1 aromatic carbocycles. The number of nitrogens with two attached hydrogens (primary N) is 1. The van der Waals surface area contributed by atoms with Gasteiger partial charge in [-0.3, -0.25) is 14.5 Å². The molecule has 0 aliphatic carbocycles. The quantitative estimate of drug-likeness (QED) is 0.163. The molecule has 2 atom stereocenters. The van der Waals surface area contributed by atoms with Gasteiger partial charge in [0.05, 0.1) is 18.1 Å². The van der Waals surface area contributed by atoms with Crippen LogP contribution in [0, 0.1) is 0 Å². The van der Waals surface area contributed by atoms with Gasteiger partial charge >= 0.3 is 29.6 Å². The maximum atomic E-state index is 12.9. The van der Waals surface area contributed by atoms with Crippen molar-refractivity contribution < 1.29 is 49.0 Å². The van der Waals surface area contributed by atoms with Gasteiger partial charge in [0, 0.05) is 18.1 Å². The molecule has 12 nitrogen and oxygen atoms in total. The summed E-state index contributed by atoms with van der Waals surface area (Å²) in [5.41, 5.74) is 8.27. The molecule has 3 aromatic rings. The number of nitrogens with zero attached hydrogens (tertiary/aromatic N) is 6. The van der Waals surface area contributed by atoms with Gasteiger partial charge in [-0.25, -0.2) is 0 Å². The Hall–Kier alpha value is -2.49. The summed E-state index contributed by atoms with van der Waals surface area (Å²) < 4.78 is 1.28. The van der Waals surface area contributed by atoms with E-state index in [2.05, 4.69) is 25.9 Å². The van der Waals surface area contributed by atoms with Gasteiger partial charge in [0.1, 0.15) is 16.4 Å². The molecular formula is C21H19N8NaO4S2. The maximum absolute atomic E-state index is 12.9. The summed E-state index contributed by atoms with van der Waals surface area (Å²) in [5, 5.41) is 30.1. The molecule has 1 saturated heterocycles. The number of aliphatic carboxylic acids is 1. The number of hydrogen-bond acceptors (Lipinski definition) is 11. The topological polar surface area (TPSA) is 172 Å². The molecule has 1 fully saturated rings. The number of amides is 2. The molecule has 0 spiro atoms. The zero-order valence-electron chi connectivity index (χ0n) is 19.2. The molecule has 0 radical (unpaired) electrons. The van der Waals surface area contributed by atoms with Gasteiger partial charge < -0.3 is 21.0 Å². The van der Waals surface area contributed by atoms with Crippen LogP contribution in [0.1, 0.15) is 11.1 Å². The number of carbonyl (C=O) groups excluding carboxylic acids is 3. The van der Waals surface area contributed by atoms with Crippen molar-refractivity contribution in [2.24, 2.45) is 5.73 Å². The molecule has 2 aromatic heterocycles. The van der Waals surface area contributed by atoms with E-state index >= 15 is 0 Å². The van der Waals surface area contributed by atoms with Gasteiger partial charge in [0.15, 0.2) is 5.65 Å². The Morgan fingerprint density at radius 2 is 2.00 bits per heavy atom. The molecule has 5 rings (SSSR count). The summed E-state index contributed by atoms with van der Waals surface area (Å²) in [7, 11) is 0. The van der Waals surface area contributed by atoms with E-state index in [1.807, 2.05) is 24.3 Å². The summed E-state index contributed by atoms with van der Waals surface area (Å²) in [5.74, 6) is -1.56. The van der Waals surface area contributed by atoms with Crippen LogP contribution in [0.2, 0.25) is 0 Å². The molecule has 0 saturated carbocycles. The van der Waals surface area contributed by atoms with Crippen LogP contribution < -0.4 is 45.7 Å². The number of fused-ring (bicyclic) bond motifs is 2. The molecule has 180 valence electrons. The van der Waals surface area contributed by atoms with Crippen LogP contribution in [0.3, 0.4) is 0 Å². The monoisotopic (exact) mass is 534 g/mol. The number of rotatable bonds is 8. The van der Waals surface area contributed by atoms with E-state index in [4.69, 9.17) is 5.73 Å². The zero-order valence-corrected chi connectivity index (χ0v) is 22.8. The average molecular weight is 535 g/mol. The number of carbonyl (C=O) groups is 3. The van der Waals surface area contributed by atoms with Gasteiger partial charge in [-0.1, -0.05) is 24.3 Å². The van der Waals surface area contributed by atoms with Crippen LogP contribution in [0.4, 0.5) is 0 Å². The molecule has 2 aliphatic rings. The Bertz CT molecular complexity index is 1370. The van der Waals surface area contributed by atoms with Crippen molar-refractivity contribution >= 4 is 47.0 Å². The van der Waals surface area contributed by atoms with Crippen LogP contribution >= 0.6 is 23.5 Å². The number of benzene rings is 1. The van der Waals surface area contributed by atoms with Crippen molar-refractivity contribution in [2.75, 3.05) is 11.5 Å². The van der Waals surface area contributed by atoms with Crippen molar-refractivity contribution in [1.82, 2.24) is 35.5 Å². The van der Waals surface area contributed by atoms with Crippen LogP contribution in [-0.2, 0) is 27.3 Å². The molecule has 1 unspecified atom stereocenters. The first-order valence-electron chi connectivity index (χ1n) is 10.6. The maximum Gasteiger partial charge on any atom is 1.00 e. The summed E-state index contributed by atoms with van der Waals surface area (Å²) in [6.45, 7) is 0.303. The second-order valence-electron chi connectivity index (χ2n) is 7.83. The third kappa shape index (κ3) is 5.14. The van der Waals surface area contributed by atoms with Crippen molar-refractivity contribution in [3.63, 3.8) is 0 Å². The number of hydrogen-bond donors (Lipinski definition) is 2. The Labute approximate surface area is 235 Å². The van der Waals surface area contributed by atoms with E-state index in [1.165, 1.54) is 33.1 Å². The first kappa shape index (κ1) is 26.6. The third-order valence-corrected chi connectivity index (χ3v) is 8.03. The second kappa shape index (κ2) is 11.3. The minimum absolute atomic E-state index is 0. The van der Waals surface area contributed by atoms with Crippen molar-refractivity contribution in [1.29, 1.82) is 0 Å². The first-order valence-corrected chi connectivity index (χ1v) is 12.6. The van der Waals surface area contributed by atoms with Crippen LogP contribution in [0.25, 0.3) is 5.65 Å². The van der Waals surface area contributed by atoms with Gasteiger partial charge in [0.25, 0.3) is 5.91 Å². The molecule has 0 bridgehead atoms. The summed E-state index contributed by atoms with van der Waals surface area (Å²) >= 11 is 2.70. The minimum Gasteiger partial charge on any atom is -0.543 e. The smallest absolute Gasteiger partial charge is 0.543 e. The van der Waals surface area contributed by atoms with E-state index in [9.17, 15) is 19.5 Å². The van der Waals surface area contributed by atoms with Crippen LogP contribution in [0.5, 0.6) is 0 Å². The van der Waals surface area contributed by atoms with E-state index in [1.54, 1.807) is 12.1 Å². The number of aromatic nitrogens is 5. The number of carboxylic acids is 1. The van der Waals surface area contributed by atoms with Crippen molar-refractivity contribution in [3.8, 4) is 0 Å². The average Bonchev–Trinajstić information content (AvgIpc) is 3.33. The Balaban J connectivity index is 0.00000304. The Morgan fingerprint density at radius 3 is 2.75 bits per heavy atom. The molecule has 2 aliphatic heterocycles. The number of carboxylic acid groups (broad SMARTS) is 1. The van der Waals surface area contributed by atoms with Gasteiger partial charge in [-0.05, 0) is 39.3 Å². The van der Waals surface area contributed by atoms with Gasteiger partial charge in [-0.15, -0.1) is 38.4 Å². The van der Waals surface area contributed by atoms with E-state index in [0.717, 1.165) is 11.1 Å². The predicted octanol–water partition coefficient (Wildman–Crippen LogP) is -4.28. The third-order valence-electron chi connectivity index (χ3n) is 5.69. The summed E-state index contributed by atoms with van der Waals surface area (Å²) in [4.78, 5) is 38.7. The van der Waals surface area contributed by atoms with E-state index < -0.39 is 23.3 Å². The Kier molecular flexibility index (Phi) is 8.32. The fourth-order valence-corrected chi connectivity index (χ4v) is 6.32. The van der Waals surface area contributed by atoms with Crippen LogP contribution in [0.15, 0.2) is 52.7 Å². The predicted molar refractivity (Wildman–Crippen MR) is 124 cm³/mol. The van der Waals surface area contributed by atoms with Crippen LogP contribution in [-0.4, -0.2) is 70.9 Å². The number of tetrazole rings is 1. The first-order chi connectivity index (χ1) is 17.0. The minimum atomic E-state index is -1.43. The summed E-state index contributed by atoms with van der Waals surface area (Å²) in [6.07, 6.45) is 0.0816. The molecular weight excluding hydrogens is 515 g/mol. The second-order valence-corrected chi connectivity index (χ2v) is 9.93. The summed E-state index contributed by atoms with van der Waals surface area (Å²) in [6, 6.07) is 9.97.